The molecule has 1 aromatic carbocycles. The number of carbonyl (C=O) groups excluding carboxylic acids is 1. The first-order valence-corrected chi connectivity index (χ1v) is 8.79. The fourth-order valence-electron chi connectivity index (χ4n) is 2.32. The predicted molar refractivity (Wildman–Crippen MR) is 91.9 cm³/mol. The summed E-state index contributed by atoms with van der Waals surface area (Å²) in [4.78, 5) is 21.0. The molecule has 0 fully saturated rings. The van der Waals surface area contributed by atoms with Crippen LogP contribution in [-0.2, 0) is 17.6 Å². The van der Waals surface area contributed by atoms with Gasteiger partial charge in [0.1, 0.15) is 0 Å². The van der Waals surface area contributed by atoms with Crippen molar-refractivity contribution in [1.82, 2.24) is 15.1 Å². The van der Waals surface area contributed by atoms with E-state index in [-0.39, 0.29) is 5.91 Å². The third kappa shape index (κ3) is 4.92. The zero-order chi connectivity index (χ0) is 18.5. The van der Waals surface area contributed by atoms with Crippen molar-refractivity contribution in [3.8, 4) is 0 Å². The summed E-state index contributed by atoms with van der Waals surface area (Å²) >= 11 is 1.30. The summed E-state index contributed by atoms with van der Waals surface area (Å²) < 4.78 is 31.2. The number of benzene rings is 1. The number of aromatic nitrogens is 3. The van der Waals surface area contributed by atoms with Gasteiger partial charge in [-0.3, -0.25) is 4.79 Å². The normalized spacial score (nSPS) is 10.9. The van der Waals surface area contributed by atoms with Crippen LogP contribution in [0.1, 0.15) is 35.0 Å². The molecule has 3 rings (SSSR count). The average molecular weight is 378 g/mol. The zero-order valence-corrected chi connectivity index (χ0v) is 14.8. The smallest absolute Gasteiger partial charge is 0.226 e. The van der Waals surface area contributed by atoms with Crippen LogP contribution >= 0.6 is 11.3 Å². The van der Waals surface area contributed by atoms with Gasteiger partial charge >= 0.3 is 0 Å². The number of halogens is 2. The van der Waals surface area contributed by atoms with Gasteiger partial charge in [-0.15, -0.1) is 11.3 Å². The Morgan fingerprint density at radius 1 is 1.31 bits per heavy atom. The van der Waals surface area contributed by atoms with E-state index >= 15 is 0 Å². The third-order valence-corrected chi connectivity index (χ3v) is 4.44. The fraction of sp³-hybridized carbons (Fsp3) is 0.294. The van der Waals surface area contributed by atoms with Crippen LogP contribution in [0.5, 0.6) is 0 Å². The molecule has 1 N–H and O–H groups in total. The SMILES string of the molecule is Cc1noc(CCCC(=O)Nc2ncc(Cc3ccc(F)c(F)c3)s2)n1. The Morgan fingerprint density at radius 3 is 2.88 bits per heavy atom. The maximum atomic E-state index is 13.2. The lowest BCUT2D eigenvalue weighted by molar-refractivity contribution is -0.116. The van der Waals surface area contributed by atoms with E-state index in [9.17, 15) is 13.6 Å². The van der Waals surface area contributed by atoms with Crippen LogP contribution in [0.15, 0.2) is 28.9 Å². The van der Waals surface area contributed by atoms with E-state index in [2.05, 4.69) is 20.4 Å². The van der Waals surface area contributed by atoms with Gasteiger partial charge in [0, 0.05) is 30.3 Å². The maximum absolute atomic E-state index is 13.2. The molecule has 0 spiro atoms. The molecule has 26 heavy (non-hydrogen) atoms. The van der Waals surface area contributed by atoms with Gasteiger partial charge in [0.05, 0.1) is 0 Å². The van der Waals surface area contributed by atoms with Crippen molar-refractivity contribution >= 4 is 22.4 Å². The van der Waals surface area contributed by atoms with Gasteiger partial charge in [0.25, 0.3) is 0 Å². The number of amides is 1. The van der Waals surface area contributed by atoms with Gasteiger partial charge in [-0.25, -0.2) is 13.8 Å². The lowest BCUT2D eigenvalue weighted by Gasteiger charge is -2.01. The summed E-state index contributed by atoms with van der Waals surface area (Å²) in [6, 6.07) is 3.78. The second-order valence-electron chi connectivity index (χ2n) is 5.69. The van der Waals surface area contributed by atoms with Gasteiger partial charge in [-0.1, -0.05) is 11.2 Å². The van der Waals surface area contributed by atoms with Crippen LogP contribution in [0, 0.1) is 18.6 Å². The number of nitrogens with one attached hydrogen (secondary N) is 1. The second kappa shape index (κ2) is 8.13. The van der Waals surface area contributed by atoms with Crippen LogP contribution in [0.25, 0.3) is 0 Å². The summed E-state index contributed by atoms with van der Waals surface area (Å²) in [6.07, 6.45) is 3.46. The van der Waals surface area contributed by atoms with Crippen LogP contribution < -0.4 is 5.32 Å². The summed E-state index contributed by atoms with van der Waals surface area (Å²) in [7, 11) is 0. The first kappa shape index (κ1) is 18.1. The van der Waals surface area contributed by atoms with Crippen LogP contribution in [0.4, 0.5) is 13.9 Å². The summed E-state index contributed by atoms with van der Waals surface area (Å²) in [5.41, 5.74) is 0.639. The van der Waals surface area contributed by atoms with E-state index in [1.54, 1.807) is 13.1 Å². The van der Waals surface area contributed by atoms with Crippen molar-refractivity contribution < 1.29 is 18.1 Å². The maximum Gasteiger partial charge on any atom is 0.226 e. The van der Waals surface area contributed by atoms with Gasteiger partial charge in [0.2, 0.25) is 11.8 Å². The Kier molecular flexibility index (Phi) is 5.67. The van der Waals surface area contributed by atoms with E-state index in [1.165, 1.54) is 17.4 Å². The standard InChI is InChI=1S/C17H16F2N4O2S/c1-10-21-16(25-23-10)4-2-3-15(24)22-17-20-9-12(26-17)7-11-5-6-13(18)14(19)8-11/h5-6,8-9H,2-4,7H2,1H3,(H,20,22,24). The van der Waals surface area contributed by atoms with Gasteiger partial charge in [-0.2, -0.15) is 4.98 Å². The minimum atomic E-state index is -0.878. The molecule has 136 valence electrons. The molecule has 9 heteroatoms. The van der Waals surface area contributed by atoms with Crippen molar-refractivity contribution in [3.63, 3.8) is 0 Å². The zero-order valence-electron chi connectivity index (χ0n) is 14.0. The number of aryl methyl sites for hydroxylation is 2. The summed E-state index contributed by atoms with van der Waals surface area (Å²) in [6.45, 7) is 1.74. The molecule has 0 aliphatic heterocycles. The van der Waals surface area contributed by atoms with Crippen LogP contribution in [0.3, 0.4) is 0 Å². The Hall–Kier alpha value is -2.68. The highest BCUT2D eigenvalue weighted by molar-refractivity contribution is 7.15. The Balaban J connectivity index is 1.48. The van der Waals surface area contributed by atoms with Gasteiger partial charge < -0.3 is 9.84 Å². The van der Waals surface area contributed by atoms with Crippen molar-refractivity contribution in [2.24, 2.45) is 0 Å². The Morgan fingerprint density at radius 2 is 2.15 bits per heavy atom. The second-order valence-corrected chi connectivity index (χ2v) is 6.81. The summed E-state index contributed by atoms with van der Waals surface area (Å²) in [5, 5.41) is 6.89. The van der Waals surface area contributed by atoms with E-state index in [0.29, 0.717) is 48.1 Å². The molecule has 0 saturated heterocycles. The summed E-state index contributed by atoms with van der Waals surface area (Å²) in [5.74, 6) is -0.826. The largest absolute Gasteiger partial charge is 0.339 e. The number of hydrogen-bond donors (Lipinski definition) is 1. The van der Waals surface area contributed by atoms with Crippen molar-refractivity contribution in [1.29, 1.82) is 0 Å². The van der Waals surface area contributed by atoms with Gasteiger partial charge in [-0.05, 0) is 31.0 Å². The monoisotopic (exact) mass is 378 g/mol. The van der Waals surface area contributed by atoms with E-state index < -0.39 is 11.6 Å². The predicted octanol–water partition coefficient (Wildman–Crippen LogP) is 3.66. The van der Waals surface area contributed by atoms with Crippen LogP contribution in [-0.4, -0.2) is 21.0 Å². The quantitative estimate of drug-likeness (QED) is 0.678. The highest BCUT2D eigenvalue weighted by Gasteiger charge is 2.10. The average Bonchev–Trinajstić information content (AvgIpc) is 3.20. The molecule has 0 unspecified atom stereocenters. The third-order valence-electron chi connectivity index (χ3n) is 3.53. The molecular weight excluding hydrogens is 362 g/mol. The van der Waals surface area contributed by atoms with Crippen molar-refractivity contribution in [2.75, 3.05) is 5.32 Å². The van der Waals surface area contributed by atoms with Crippen LogP contribution in [0.2, 0.25) is 0 Å². The Bertz CT molecular complexity index is 910. The van der Waals surface area contributed by atoms with Gasteiger partial charge in [0.15, 0.2) is 22.6 Å². The minimum Gasteiger partial charge on any atom is -0.339 e. The Labute approximate surface area is 152 Å². The highest BCUT2D eigenvalue weighted by Crippen LogP contribution is 2.22. The number of nitrogens with zero attached hydrogens (tertiary/aromatic N) is 3. The molecule has 2 heterocycles. The molecular formula is C17H16F2N4O2S. The number of hydrogen-bond acceptors (Lipinski definition) is 6. The molecule has 1 amide bonds. The van der Waals surface area contributed by atoms with Crippen molar-refractivity contribution in [3.05, 3.63) is 58.2 Å². The fourth-order valence-corrected chi connectivity index (χ4v) is 3.18. The molecule has 0 aliphatic carbocycles. The molecule has 2 aromatic heterocycles. The molecule has 0 atom stereocenters. The lowest BCUT2D eigenvalue weighted by atomic mass is 10.1. The van der Waals surface area contributed by atoms with E-state index in [0.717, 1.165) is 17.0 Å². The number of rotatable bonds is 7. The van der Waals surface area contributed by atoms with E-state index in [4.69, 9.17) is 4.52 Å². The molecule has 3 aromatic rings. The first-order valence-electron chi connectivity index (χ1n) is 7.97. The first-order chi connectivity index (χ1) is 12.5. The number of carbonyl (C=O) groups is 1. The lowest BCUT2D eigenvalue weighted by Crippen LogP contribution is -2.11. The number of thiazole rings is 1. The molecule has 0 bridgehead atoms. The molecule has 6 nitrogen and oxygen atoms in total. The highest BCUT2D eigenvalue weighted by atomic mass is 32.1. The molecule has 0 aliphatic rings. The number of anilines is 1. The van der Waals surface area contributed by atoms with E-state index in [1.807, 2.05) is 0 Å². The topological polar surface area (TPSA) is 80.9 Å². The molecule has 0 saturated carbocycles. The molecule has 0 radical (unpaired) electrons. The minimum absolute atomic E-state index is 0.157. The van der Waals surface area contributed by atoms with Crippen molar-refractivity contribution in [2.45, 2.75) is 32.6 Å².